The number of hydrogen-bond acceptors (Lipinski definition) is 2. The van der Waals surface area contributed by atoms with Crippen molar-refractivity contribution < 1.29 is 13.0 Å². The van der Waals surface area contributed by atoms with Crippen molar-refractivity contribution in [3.05, 3.63) is 0 Å². The molecule has 0 aromatic carbocycles. The molecule has 0 bridgehead atoms. The average Bonchev–Trinajstić information content (AvgIpc) is 2.09. The number of alkyl halides is 1. The zero-order valence-electron chi connectivity index (χ0n) is 8.45. The second-order valence-corrected chi connectivity index (χ2v) is 4.84. The molecule has 0 aromatic rings. The fourth-order valence-corrected chi connectivity index (χ4v) is 2.10. The SMILES string of the molecule is CCCCCCCN(CCl)S(=O)(=O)O. The Hall–Kier alpha value is 0.160. The minimum Gasteiger partial charge on any atom is -0.273 e. The van der Waals surface area contributed by atoms with Gasteiger partial charge in [-0.3, -0.25) is 4.55 Å². The van der Waals surface area contributed by atoms with Crippen LogP contribution < -0.4 is 0 Å². The van der Waals surface area contributed by atoms with Gasteiger partial charge >= 0.3 is 10.3 Å². The van der Waals surface area contributed by atoms with Gasteiger partial charge in [-0.1, -0.05) is 32.6 Å². The summed E-state index contributed by atoms with van der Waals surface area (Å²) >= 11 is 5.38. The molecule has 0 rings (SSSR count). The molecule has 0 unspecified atom stereocenters. The third-order valence-electron chi connectivity index (χ3n) is 1.97. The van der Waals surface area contributed by atoms with E-state index in [4.69, 9.17) is 16.2 Å². The molecule has 0 aliphatic heterocycles. The molecule has 0 atom stereocenters. The van der Waals surface area contributed by atoms with Gasteiger partial charge in [0.05, 0.1) is 6.00 Å². The quantitative estimate of drug-likeness (QED) is 0.308. The molecule has 4 nitrogen and oxygen atoms in total. The van der Waals surface area contributed by atoms with Crippen LogP contribution in [0.1, 0.15) is 39.0 Å². The summed E-state index contributed by atoms with van der Waals surface area (Å²) in [5.41, 5.74) is 0. The second-order valence-electron chi connectivity index (χ2n) is 3.19. The van der Waals surface area contributed by atoms with Crippen LogP contribution in [0, 0.1) is 0 Å². The zero-order valence-corrected chi connectivity index (χ0v) is 10.0. The Balaban J connectivity index is 3.65. The number of nitrogens with zero attached hydrogens (tertiary/aromatic N) is 1. The van der Waals surface area contributed by atoms with Crippen LogP contribution in [0.25, 0.3) is 0 Å². The molecule has 0 radical (unpaired) electrons. The summed E-state index contributed by atoms with van der Waals surface area (Å²) in [6, 6.07) is -0.188. The first-order chi connectivity index (χ1) is 6.52. The van der Waals surface area contributed by atoms with Gasteiger partial charge in [-0.2, -0.15) is 12.7 Å². The van der Waals surface area contributed by atoms with Gasteiger partial charge in [-0.05, 0) is 6.42 Å². The van der Waals surface area contributed by atoms with Gasteiger partial charge in [0.15, 0.2) is 0 Å². The molecule has 0 aromatic heterocycles. The van der Waals surface area contributed by atoms with Crippen molar-refractivity contribution in [2.24, 2.45) is 0 Å². The van der Waals surface area contributed by atoms with Crippen molar-refractivity contribution in [2.45, 2.75) is 39.0 Å². The zero-order chi connectivity index (χ0) is 11.0. The predicted molar refractivity (Wildman–Crippen MR) is 57.7 cm³/mol. The molecule has 0 saturated heterocycles. The van der Waals surface area contributed by atoms with Crippen molar-refractivity contribution in [1.29, 1.82) is 0 Å². The lowest BCUT2D eigenvalue weighted by atomic mass is 10.1. The maximum Gasteiger partial charge on any atom is 0.337 e. The summed E-state index contributed by atoms with van der Waals surface area (Å²) in [6.07, 6.45) is 5.12. The Labute approximate surface area is 91.1 Å². The van der Waals surface area contributed by atoms with Crippen molar-refractivity contribution in [3.63, 3.8) is 0 Å². The highest BCUT2D eigenvalue weighted by Gasteiger charge is 2.16. The van der Waals surface area contributed by atoms with Gasteiger partial charge in [-0.15, -0.1) is 11.6 Å². The van der Waals surface area contributed by atoms with E-state index < -0.39 is 10.3 Å². The molecule has 14 heavy (non-hydrogen) atoms. The summed E-state index contributed by atoms with van der Waals surface area (Å²) in [4.78, 5) is 0. The van der Waals surface area contributed by atoms with E-state index >= 15 is 0 Å². The second kappa shape index (κ2) is 7.45. The molecular formula is C8H18ClNO3S. The van der Waals surface area contributed by atoms with Gasteiger partial charge in [0.2, 0.25) is 0 Å². The van der Waals surface area contributed by atoms with Crippen molar-refractivity contribution in [1.82, 2.24) is 4.31 Å². The first kappa shape index (κ1) is 14.2. The standard InChI is InChI=1S/C8H18ClNO3S/c1-2-3-4-5-6-7-10(8-9)14(11,12)13/h2-8H2,1H3,(H,11,12,13). The maximum absolute atomic E-state index is 10.7. The van der Waals surface area contributed by atoms with Gasteiger partial charge < -0.3 is 0 Å². The Kier molecular flexibility index (Phi) is 7.54. The van der Waals surface area contributed by atoms with E-state index in [2.05, 4.69) is 6.92 Å². The highest BCUT2D eigenvalue weighted by atomic mass is 35.5. The largest absolute Gasteiger partial charge is 0.337 e. The van der Waals surface area contributed by atoms with Crippen LogP contribution in [0.4, 0.5) is 0 Å². The van der Waals surface area contributed by atoms with Crippen LogP contribution in [0.3, 0.4) is 0 Å². The van der Waals surface area contributed by atoms with Crippen LogP contribution in [-0.2, 0) is 10.3 Å². The van der Waals surface area contributed by atoms with E-state index in [0.717, 1.165) is 36.4 Å². The Morgan fingerprint density at radius 2 is 1.79 bits per heavy atom. The molecule has 0 aliphatic carbocycles. The van der Waals surface area contributed by atoms with Crippen LogP contribution >= 0.6 is 11.6 Å². The van der Waals surface area contributed by atoms with Crippen LogP contribution in [0.15, 0.2) is 0 Å². The lowest BCUT2D eigenvalue weighted by Gasteiger charge is -2.14. The van der Waals surface area contributed by atoms with Gasteiger partial charge in [0.25, 0.3) is 0 Å². The molecule has 86 valence electrons. The minimum absolute atomic E-state index is 0.188. The molecule has 1 N–H and O–H groups in total. The Morgan fingerprint density at radius 3 is 2.21 bits per heavy atom. The average molecular weight is 244 g/mol. The summed E-state index contributed by atoms with van der Waals surface area (Å²) in [5, 5.41) is 0. The first-order valence-electron chi connectivity index (χ1n) is 4.81. The number of hydrogen-bond donors (Lipinski definition) is 1. The summed E-state index contributed by atoms with van der Waals surface area (Å²) in [7, 11) is -4.11. The highest BCUT2D eigenvalue weighted by molar-refractivity contribution is 7.83. The number of rotatable bonds is 8. The van der Waals surface area contributed by atoms with E-state index in [0.29, 0.717) is 6.54 Å². The van der Waals surface area contributed by atoms with Gasteiger partial charge in [0.1, 0.15) is 0 Å². The van der Waals surface area contributed by atoms with Crippen LogP contribution in [0.5, 0.6) is 0 Å². The summed E-state index contributed by atoms with van der Waals surface area (Å²) < 4.78 is 30.9. The topological polar surface area (TPSA) is 57.6 Å². The molecule has 0 spiro atoms. The third-order valence-corrected chi connectivity index (χ3v) is 3.37. The number of halogens is 1. The van der Waals surface area contributed by atoms with Crippen LogP contribution in [0.2, 0.25) is 0 Å². The van der Waals surface area contributed by atoms with E-state index in [-0.39, 0.29) is 6.00 Å². The van der Waals surface area contributed by atoms with E-state index in [1.54, 1.807) is 0 Å². The third kappa shape index (κ3) is 6.59. The molecule has 0 aliphatic rings. The van der Waals surface area contributed by atoms with Crippen molar-refractivity contribution in [3.8, 4) is 0 Å². The molecule has 6 heteroatoms. The maximum atomic E-state index is 10.7. The van der Waals surface area contributed by atoms with Crippen molar-refractivity contribution in [2.75, 3.05) is 12.5 Å². The van der Waals surface area contributed by atoms with Gasteiger partial charge in [0, 0.05) is 6.54 Å². The molecule has 0 heterocycles. The van der Waals surface area contributed by atoms with E-state index in [9.17, 15) is 8.42 Å². The molecule has 0 amide bonds. The van der Waals surface area contributed by atoms with Crippen LogP contribution in [-0.4, -0.2) is 29.8 Å². The fourth-order valence-electron chi connectivity index (χ4n) is 1.13. The fraction of sp³-hybridized carbons (Fsp3) is 1.00. The molecule has 0 saturated carbocycles. The summed E-state index contributed by atoms with van der Waals surface area (Å²) in [5.74, 6) is 0. The predicted octanol–water partition coefficient (Wildman–Crippen LogP) is 2.26. The minimum atomic E-state index is -4.11. The molecular weight excluding hydrogens is 226 g/mol. The Bertz CT molecular complexity index is 231. The monoisotopic (exact) mass is 243 g/mol. The normalized spacial score (nSPS) is 12.3. The first-order valence-corrected chi connectivity index (χ1v) is 6.74. The van der Waals surface area contributed by atoms with Gasteiger partial charge in [-0.25, -0.2) is 0 Å². The van der Waals surface area contributed by atoms with E-state index in [1.165, 1.54) is 0 Å². The molecule has 0 fully saturated rings. The Morgan fingerprint density at radius 1 is 1.21 bits per heavy atom. The summed E-state index contributed by atoms with van der Waals surface area (Å²) in [6.45, 7) is 2.41. The lowest BCUT2D eigenvalue weighted by molar-refractivity contribution is 0.371. The smallest absolute Gasteiger partial charge is 0.273 e. The van der Waals surface area contributed by atoms with Crippen molar-refractivity contribution >= 4 is 21.9 Å². The highest BCUT2D eigenvalue weighted by Crippen LogP contribution is 2.06. The number of unbranched alkanes of at least 4 members (excludes halogenated alkanes) is 4. The lowest BCUT2D eigenvalue weighted by Crippen LogP contribution is -2.30. The van der Waals surface area contributed by atoms with E-state index in [1.807, 2.05) is 0 Å².